The maximum Gasteiger partial charge on any atom is 0.218 e. The van der Waals surface area contributed by atoms with Crippen LogP contribution in [0.2, 0.25) is 0 Å². The Morgan fingerprint density at radius 2 is 2.20 bits per heavy atom. The van der Waals surface area contributed by atoms with E-state index in [9.17, 15) is 0 Å². The molecule has 1 rings (SSSR count). The van der Waals surface area contributed by atoms with E-state index < -0.39 is 0 Å². The molecule has 0 radical (unpaired) electrons. The monoisotopic (exact) mass is 273 g/mol. The van der Waals surface area contributed by atoms with Gasteiger partial charge in [-0.3, -0.25) is 0 Å². The molecule has 1 aromatic heterocycles. The molecule has 5 heteroatoms. The first-order valence-corrected chi connectivity index (χ1v) is 6.05. The van der Waals surface area contributed by atoms with E-state index in [2.05, 4.69) is 30.8 Å². The molecule has 84 valence electrons. The average molecular weight is 274 g/mol. The first kappa shape index (κ1) is 12.2. The summed E-state index contributed by atoms with van der Waals surface area (Å²) in [5.41, 5.74) is 0. The van der Waals surface area contributed by atoms with Gasteiger partial charge in [-0.1, -0.05) is 15.9 Å². The summed E-state index contributed by atoms with van der Waals surface area (Å²) in [5, 5.41) is 0.913. The van der Waals surface area contributed by atoms with E-state index in [0.717, 1.165) is 23.5 Å². The Kier molecular flexibility index (Phi) is 4.81. The summed E-state index contributed by atoms with van der Waals surface area (Å²) >= 11 is 3.40. The molecule has 0 aliphatic rings. The summed E-state index contributed by atoms with van der Waals surface area (Å²) in [4.78, 5) is 10.6. The van der Waals surface area contributed by atoms with Crippen molar-refractivity contribution >= 4 is 21.7 Å². The normalized spacial score (nSPS) is 10.1. The topological polar surface area (TPSA) is 38.2 Å². The molecular weight excluding hydrogens is 258 g/mol. The van der Waals surface area contributed by atoms with Crippen molar-refractivity contribution in [3.63, 3.8) is 0 Å². The van der Waals surface area contributed by atoms with Crippen LogP contribution in [-0.4, -0.2) is 35.5 Å². The molecule has 0 saturated heterocycles. The fourth-order valence-corrected chi connectivity index (χ4v) is 1.72. The van der Waals surface area contributed by atoms with Crippen LogP contribution in [0.3, 0.4) is 0 Å². The largest absolute Gasteiger partial charge is 0.478 e. The van der Waals surface area contributed by atoms with Crippen molar-refractivity contribution in [2.45, 2.75) is 13.8 Å². The second-order valence-corrected chi connectivity index (χ2v) is 3.95. The second kappa shape index (κ2) is 5.90. The minimum absolute atomic E-state index is 0.623. The Labute approximate surface area is 98.8 Å². The predicted molar refractivity (Wildman–Crippen MR) is 65.0 cm³/mol. The summed E-state index contributed by atoms with van der Waals surface area (Å²) in [6, 6.07) is 1.86. The number of alkyl halides is 1. The highest BCUT2D eigenvalue weighted by molar-refractivity contribution is 9.09. The number of nitrogens with zero attached hydrogens (tertiary/aromatic N) is 3. The van der Waals surface area contributed by atoms with Crippen molar-refractivity contribution in [3.8, 4) is 5.88 Å². The molecule has 0 amide bonds. The van der Waals surface area contributed by atoms with E-state index in [-0.39, 0.29) is 0 Å². The molecule has 0 fully saturated rings. The second-order valence-electron chi connectivity index (χ2n) is 3.16. The van der Waals surface area contributed by atoms with Crippen LogP contribution < -0.4 is 9.64 Å². The fourth-order valence-electron chi connectivity index (χ4n) is 1.18. The lowest BCUT2D eigenvalue weighted by Gasteiger charge is -2.17. The van der Waals surface area contributed by atoms with Gasteiger partial charge in [0, 0.05) is 25.0 Å². The van der Waals surface area contributed by atoms with Gasteiger partial charge < -0.3 is 9.64 Å². The van der Waals surface area contributed by atoms with Crippen molar-refractivity contribution in [2.75, 3.05) is 30.4 Å². The molecule has 1 heterocycles. The molecule has 0 unspecified atom stereocenters. The van der Waals surface area contributed by atoms with Gasteiger partial charge in [0.25, 0.3) is 0 Å². The van der Waals surface area contributed by atoms with Crippen LogP contribution in [0.1, 0.15) is 12.7 Å². The van der Waals surface area contributed by atoms with Gasteiger partial charge in [0.05, 0.1) is 6.61 Å². The number of rotatable bonds is 5. The van der Waals surface area contributed by atoms with Crippen LogP contribution in [0.4, 0.5) is 5.82 Å². The quantitative estimate of drug-likeness (QED) is 0.770. The molecule has 0 N–H and O–H groups in total. The molecule has 15 heavy (non-hydrogen) atoms. The third-order valence-electron chi connectivity index (χ3n) is 1.90. The van der Waals surface area contributed by atoms with Gasteiger partial charge >= 0.3 is 0 Å². The number of halogens is 1. The SMILES string of the molecule is CCOc1cc(N(C)CCBr)nc(C)n1. The molecule has 0 bridgehead atoms. The molecule has 0 spiro atoms. The molecule has 1 aromatic rings. The lowest BCUT2D eigenvalue weighted by atomic mass is 10.4. The standard InChI is InChI=1S/C10H16BrN3O/c1-4-15-10-7-9(12-8(2)13-10)14(3)6-5-11/h7H,4-6H2,1-3H3. The zero-order valence-corrected chi connectivity index (χ0v) is 10.9. The van der Waals surface area contributed by atoms with Gasteiger partial charge in [-0.25, -0.2) is 4.98 Å². The summed E-state index contributed by atoms with van der Waals surface area (Å²) in [6.45, 7) is 5.34. The van der Waals surface area contributed by atoms with Crippen molar-refractivity contribution in [3.05, 3.63) is 11.9 Å². The number of anilines is 1. The van der Waals surface area contributed by atoms with E-state index in [1.165, 1.54) is 0 Å². The van der Waals surface area contributed by atoms with Crippen molar-refractivity contribution in [2.24, 2.45) is 0 Å². The summed E-state index contributed by atoms with van der Waals surface area (Å²) in [7, 11) is 2.00. The molecular formula is C10H16BrN3O. The minimum Gasteiger partial charge on any atom is -0.478 e. The van der Waals surface area contributed by atoms with E-state index in [0.29, 0.717) is 12.5 Å². The first-order chi connectivity index (χ1) is 7.17. The third-order valence-corrected chi connectivity index (χ3v) is 2.26. The van der Waals surface area contributed by atoms with Gasteiger partial charge in [-0.05, 0) is 13.8 Å². The lowest BCUT2D eigenvalue weighted by molar-refractivity contribution is 0.325. The van der Waals surface area contributed by atoms with Gasteiger partial charge in [0.1, 0.15) is 11.6 Å². The molecule has 0 aliphatic heterocycles. The van der Waals surface area contributed by atoms with E-state index >= 15 is 0 Å². The zero-order chi connectivity index (χ0) is 11.3. The van der Waals surface area contributed by atoms with Crippen molar-refractivity contribution in [1.82, 2.24) is 9.97 Å². The van der Waals surface area contributed by atoms with Crippen molar-refractivity contribution < 1.29 is 4.74 Å². The minimum atomic E-state index is 0.623. The predicted octanol–water partition coefficient (Wildman–Crippen LogP) is 2.01. The highest BCUT2D eigenvalue weighted by Gasteiger charge is 2.06. The number of aryl methyl sites for hydroxylation is 1. The Balaban J connectivity index is 2.87. The summed E-state index contributed by atoms with van der Waals surface area (Å²) < 4.78 is 5.37. The van der Waals surface area contributed by atoms with Crippen LogP contribution in [-0.2, 0) is 0 Å². The van der Waals surface area contributed by atoms with Crippen LogP contribution in [0.15, 0.2) is 6.07 Å². The van der Waals surface area contributed by atoms with E-state index in [4.69, 9.17) is 4.74 Å². The maximum absolute atomic E-state index is 5.37. The number of hydrogen-bond donors (Lipinski definition) is 0. The van der Waals surface area contributed by atoms with Crippen LogP contribution in [0.25, 0.3) is 0 Å². The van der Waals surface area contributed by atoms with Gasteiger partial charge in [0.15, 0.2) is 0 Å². The first-order valence-electron chi connectivity index (χ1n) is 4.93. The van der Waals surface area contributed by atoms with Crippen LogP contribution in [0.5, 0.6) is 5.88 Å². The Bertz CT molecular complexity index is 320. The smallest absolute Gasteiger partial charge is 0.218 e. The molecule has 0 saturated carbocycles. The maximum atomic E-state index is 5.37. The van der Waals surface area contributed by atoms with Gasteiger partial charge in [-0.2, -0.15) is 4.98 Å². The fraction of sp³-hybridized carbons (Fsp3) is 0.600. The highest BCUT2D eigenvalue weighted by atomic mass is 79.9. The molecule has 4 nitrogen and oxygen atoms in total. The van der Waals surface area contributed by atoms with Crippen LogP contribution >= 0.6 is 15.9 Å². The van der Waals surface area contributed by atoms with E-state index in [1.54, 1.807) is 0 Å². The highest BCUT2D eigenvalue weighted by Crippen LogP contribution is 2.16. The van der Waals surface area contributed by atoms with Gasteiger partial charge in [0.2, 0.25) is 5.88 Å². The number of ether oxygens (including phenoxy) is 1. The average Bonchev–Trinajstić information content (AvgIpc) is 2.17. The third kappa shape index (κ3) is 3.66. The van der Waals surface area contributed by atoms with Crippen LogP contribution in [0, 0.1) is 6.92 Å². The molecule has 0 atom stereocenters. The Morgan fingerprint density at radius 3 is 2.80 bits per heavy atom. The summed E-state index contributed by atoms with van der Waals surface area (Å²) in [6.07, 6.45) is 0. The van der Waals surface area contributed by atoms with Crippen molar-refractivity contribution in [1.29, 1.82) is 0 Å². The Morgan fingerprint density at radius 1 is 1.47 bits per heavy atom. The Hall–Kier alpha value is -0.840. The van der Waals surface area contributed by atoms with Gasteiger partial charge in [-0.15, -0.1) is 0 Å². The number of hydrogen-bond acceptors (Lipinski definition) is 4. The lowest BCUT2D eigenvalue weighted by Crippen LogP contribution is -2.21. The van der Waals surface area contributed by atoms with E-state index in [1.807, 2.05) is 27.0 Å². The molecule has 0 aromatic carbocycles. The number of aromatic nitrogens is 2. The molecule has 0 aliphatic carbocycles. The summed E-state index contributed by atoms with van der Waals surface area (Å²) in [5.74, 6) is 2.27. The zero-order valence-electron chi connectivity index (χ0n) is 9.33.